The second-order valence-corrected chi connectivity index (χ2v) is 9.56. The second kappa shape index (κ2) is 9.51. The third-order valence-electron chi connectivity index (χ3n) is 7.48. The molecular formula is C25H37N3O2. The predicted molar refractivity (Wildman–Crippen MR) is 119 cm³/mol. The molecule has 5 nitrogen and oxygen atoms in total. The van der Waals surface area contributed by atoms with Gasteiger partial charge in [-0.2, -0.15) is 0 Å². The zero-order valence-corrected chi connectivity index (χ0v) is 18.7. The molecule has 30 heavy (non-hydrogen) atoms. The van der Waals surface area contributed by atoms with Gasteiger partial charge in [0, 0.05) is 44.3 Å². The highest BCUT2D eigenvalue weighted by Crippen LogP contribution is 2.33. The van der Waals surface area contributed by atoms with E-state index in [1.807, 2.05) is 36.1 Å². The fourth-order valence-electron chi connectivity index (χ4n) is 5.61. The molecule has 3 aliphatic rings. The summed E-state index contributed by atoms with van der Waals surface area (Å²) < 4.78 is 0. The number of aryl methyl sites for hydroxylation is 1. The van der Waals surface area contributed by atoms with Gasteiger partial charge in [-0.3, -0.25) is 14.5 Å². The van der Waals surface area contributed by atoms with Crippen molar-refractivity contribution in [1.82, 2.24) is 14.7 Å². The largest absolute Gasteiger partial charge is 0.339 e. The predicted octanol–water partition coefficient (Wildman–Crippen LogP) is 3.71. The van der Waals surface area contributed by atoms with E-state index >= 15 is 0 Å². The van der Waals surface area contributed by atoms with Crippen LogP contribution in [0, 0.1) is 12.8 Å². The number of hydrogen-bond donors (Lipinski definition) is 0. The van der Waals surface area contributed by atoms with Crippen LogP contribution in [0.3, 0.4) is 0 Å². The number of benzene rings is 1. The van der Waals surface area contributed by atoms with Crippen molar-refractivity contribution in [1.29, 1.82) is 0 Å². The van der Waals surface area contributed by atoms with Crippen LogP contribution in [0.15, 0.2) is 24.3 Å². The molecule has 2 heterocycles. The zero-order chi connectivity index (χ0) is 21.1. The lowest BCUT2D eigenvalue weighted by Gasteiger charge is -2.44. The quantitative estimate of drug-likeness (QED) is 0.759. The molecule has 0 radical (unpaired) electrons. The SMILES string of the molecule is Cc1ccc(C(=O)N2CCN([C@@H](C(=O)N3CCCC[C@H]3C)C3CCCC3)CC2)cc1. The lowest BCUT2D eigenvalue weighted by Crippen LogP contribution is -2.60. The molecule has 1 saturated carbocycles. The van der Waals surface area contributed by atoms with Crippen LogP contribution in [0.2, 0.25) is 0 Å². The molecule has 5 heteroatoms. The monoisotopic (exact) mass is 411 g/mol. The van der Waals surface area contributed by atoms with E-state index in [0.29, 0.717) is 31.0 Å². The van der Waals surface area contributed by atoms with Gasteiger partial charge < -0.3 is 9.80 Å². The summed E-state index contributed by atoms with van der Waals surface area (Å²) in [4.78, 5) is 33.1. The van der Waals surface area contributed by atoms with Crippen LogP contribution < -0.4 is 0 Å². The first-order valence-corrected chi connectivity index (χ1v) is 11.9. The van der Waals surface area contributed by atoms with E-state index in [4.69, 9.17) is 0 Å². The lowest BCUT2D eigenvalue weighted by molar-refractivity contribution is -0.143. The Hall–Kier alpha value is -1.88. The first-order valence-electron chi connectivity index (χ1n) is 11.9. The van der Waals surface area contributed by atoms with Gasteiger partial charge in [0.1, 0.15) is 0 Å². The van der Waals surface area contributed by atoms with Crippen molar-refractivity contribution in [3.05, 3.63) is 35.4 Å². The van der Waals surface area contributed by atoms with Gasteiger partial charge in [0.15, 0.2) is 0 Å². The Balaban J connectivity index is 1.43. The molecule has 2 saturated heterocycles. The van der Waals surface area contributed by atoms with Crippen molar-refractivity contribution in [2.75, 3.05) is 32.7 Å². The summed E-state index contributed by atoms with van der Waals surface area (Å²) in [6, 6.07) is 8.21. The maximum atomic E-state index is 13.7. The molecule has 0 aromatic heterocycles. The van der Waals surface area contributed by atoms with Crippen molar-refractivity contribution in [3.8, 4) is 0 Å². The number of piperidine rings is 1. The smallest absolute Gasteiger partial charge is 0.253 e. The van der Waals surface area contributed by atoms with E-state index in [9.17, 15) is 9.59 Å². The maximum absolute atomic E-state index is 13.7. The molecule has 3 fully saturated rings. The topological polar surface area (TPSA) is 43.9 Å². The van der Waals surface area contributed by atoms with Crippen molar-refractivity contribution in [2.24, 2.45) is 5.92 Å². The van der Waals surface area contributed by atoms with Gasteiger partial charge in [-0.15, -0.1) is 0 Å². The first kappa shape index (κ1) is 21.4. The molecule has 0 spiro atoms. The Morgan fingerprint density at radius 3 is 2.13 bits per heavy atom. The molecule has 0 bridgehead atoms. The average Bonchev–Trinajstić information content (AvgIpc) is 3.29. The van der Waals surface area contributed by atoms with Crippen LogP contribution in [0.4, 0.5) is 0 Å². The van der Waals surface area contributed by atoms with Gasteiger partial charge in [-0.25, -0.2) is 0 Å². The highest BCUT2D eigenvalue weighted by atomic mass is 16.2. The molecule has 164 valence electrons. The summed E-state index contributed by atoms with van der Waals surface area (Å²) in [6.07, 6.45) is 8.32. The van der Waals surface area contributed by atoms with Gasteiger partial charge in [0.25, 0.3) is 5.91 Å². The summed E-state index contributed by atoms with van der Waals surface area (Å²) in [7, 11) is 0. The number of carbonyl (C=O) groups excluding carboxylic acids is 2. The van der Waals surface area contributed by atoms with E-state index in [1.165, 1.54) is 37.7 Å². The molecule has 1 aromatic carbocycles. The maximum Gasteiger partial charge on any atom is 0.253 e. The summed E-state index contributed by atoms with van der Waals surface area (Å²) >= 11 is 0. The van der Waals surface area contributed by atoms with E-state index < -0.39 is 0 Å². The molecule has 4 rings (SSSR count). The number of carbonyl (C=O) groups is 2. The van der Waals surface area contributed by atoms with E-state index in [-0.39, 0.29) is 11.9 Å². The van der Waals surface area contributed by atoms with Gasteiger partial charge in [-0.1, -0.05) is 30.5 Å². The zero-order valence-electron chi connectivity index (χ0n) is 18.7. The van der Waals surface area contributed by atoms with Crippen molar-refractivity contribution >= 4 is 11.8 Å². The molecule has 0 unspecified atom stereocenters. The normalized spacial score (nSPS) is 24.8. The molecular weight excluding hydrogens is 374 g/mol. The number of hydrogen-bond acceptors (Lipinski definition) is 3. The van der Waals surface area contributed by atoms with Gasteiger partial charge in [-0.05, 0) is 64.0 Å². The minimum absolute atomic E-state index is 0.00433. The molecule has 2 atom stereocenters. The van der Waals surface area contributed by atoms with Gasteiger partial charge >= 0.3 is 0 Å². The molecule has 0 N–H and O–H groups in total. The van der Waals surface area contributed by atoms with E-state index in [1.54, 1.807) is 0 Å². The fourth-order valence-corrected chi connectivity index (χ4v) is 5.61. The highest BCUT2D eigenvalue weighted by molar-refractivity contribution is 5.94. The van der Waals surface area contributed by atoms with Crippen molar-refractivity contribution in [2.45, 2.75) is 70.9 Å². The summed E-state index contributed by atoms with van der Waals surface area (Å²) in [6.45, 7) is 8.17. The number of nitrogens with zero attached hydrogens (tertiary/aromatic N) is 3. The minimum Gasteiger partial charge on any atom is -0.339 e. The standard InChI is InChI=1S/C25H37N3O2/c1-19-10-12-22(13-11-19)24(29)27-17-15-26(16-18-27)23(21-8-3-4-9-21)25(30)28-14-6-5-7-20(28)2/h10-13,20-21,23H,3-9,14-18H2,1-2H3/t20-,23-/m1/s1. The number of likely N-dealkylation sites (tertiary alicyclic amines) is 1. The summed E-state index contributed by atoms with van der Waals surface area (Å²) in [5.74, 6) is 0.946. The Morgan fingerprint density at radius 1 is 0.867 bits per heavy atom. The van der Waals surface area contributed by atoms with Crippen LogP contribution in [0.25, 0.3) is 0 Å². The Kier molecular flexibility index (Phi) is 6.77. The van der Waals surface area contributed by atoms with Crippen LogP contribution in [0.5, 0.6) is 0 Å². The fraction of sp³-hybridized carbons (Fsp3) is 0.680. The van der Waals surface area contributed by atoms with E-state index in [0.717, 1.165) is 38.0 Å². The number of piperazine rings is 1. The average molecular weight is 412 g/mol. The van der Waals surface area contributed by atoms with Crippen LogP contribution in [0.1, 0.15) is 67.8 Å². The molecule has 2 amide bonds. The molecule has 2 aliphatic heterocycles. The number of amides is 2. The van der Waals surface area contributed by atoms with E-state index in [2.05, 4.69) is 16.7 Å². The van der Waals surface area contributed by atoms with Crippen molar-refractivity contribution < 1.29 is 9.59 Å². The van der Waals surface area contributed by atoms with Crippen LogP contribution >= 0.6 is 0 Å². The second-order valence-electron chi connectivity index (χ2n) is 9.56. The third kappa shape index (κ3) is 4.56. The van der Waals surface area contributed by atoms with Gasteiger partial charge in [0.2, 0.25) is 5.91 Å². The Labute approximate surface area is 181 Å². The van der Waals surface area contributed by atoms with Crippen LogP contribution in [-0.2, 0) is 4.79 Å². The third-order valence-corrected chi connectivity index (χ3v) is 7.48. The molecule has 1 aliphatic carbocycles. The van der Waals surface area contributed by atoms with Crippen LogP contribution in [-0.4, -0.2) is 71.3 Å². The Morgan fingerprint density at radius 2 is 1.50 bits per heavy atom. The molecule has 1 aromatic rings. The minimum atomic E-state index is 0.00433. The lowest BCUT2D eigenvalue weighted by atomic mass is 9.92. The van der Waals surface area contributed by atoms with Gasteiger partial charge in [0.05, 0.1) is 6.04 Å². The highest BCUT2D eigenvalue weighted by Gasteiger charge is 2.40. The Bertz CT molecular complexity index is 733. The van der Waals surface area contributed by atoms with Crippen molar-refractivity contribution in [3.63, 3.8) is 0 Å². The number of rotatable bonds is 4. The first-order chi connectivity index (χ1) is 14.5. The summed E-state index contributed by atoms with van der Waals surface area (Å²) in [5, 5.41) is 0. The summed E-state index contributed by atoms with van der Waals surface area (Å²) in [5.41, 5.74) is 1.93.